The Labute approximate surface area is 102 Å². The molecule has 2 heteroatoms. The van der Waals surface area contributed by atoms with Gasteiger partial charge >= 0.3 is 0 Å². The van der Waals surface area contributed by atoms with Crippen LogP contribution in [-0.4, -0.2) is 12.2 Å². The van der Waals surface area contributed by atoms with E-state index in [1.165, 1.54) is 0 Å². The van der Waals surface area contributed by atoms with Crippen molar-refractivity contribution >= 4 is 0 Å². The molecule has 0 aromatic heterocycles. The third-order valence-corrected chi connectivity index (χ3v) is 3.38. The molecule has 0 aromatic carbocycles. The van der Waals surface area contributed by atoms with Crippen LogP contribution in [0.4, 0.5) is 0 Å². The number of rotatable bonds is 0. The van der Waals surface area contributed by atoms with E-state index in [1.807, 2.05) is 0 Å². The molecule has 5 atom stereocenters. The zero-order chi connectivity index (χ0) is 8.59. The Bertz CT molecular complexity index is 124. The van der Waals surface area contributed by atoms with Crippen molar-refractivity contribution in [3.05, 3.63) is 6.92 Å². The Morgan fingerprint density at radius 1 is 0.917 bits per heavy atom. The summed E-state index contributed by atoms with van der Waals surface area (Å²) in [5.41, 5.74) is 0. The average molecular weight is 244 g/mol. The van der Waals surface area contributed by atoms with Gasteiger partial charge in [-0.05, 0) is 24.7 Å². The van der Waals surface area contributed by atoms with Gasteiger partial charge in [-0.1, -0.05) is 26.9 Å². The third-order valence-electron chi connectivity index (χ3n) is 3.38. The Balaban J connectivity index is 0.00000121. The van der Waals surface area contributed by atoms with Crippen molar-refractivity contribution in [1.82, 2.24) is 0 Å². The molecule has 0 saturated carbocycles. The minimum absolute atomic E-state index is 0. The summed E-state index contributed by atoms with van der Waals surface area (Å²) in [6.07, 6.45) is 0.569. The van der Waals surface area contributed by atoms with E-state index in [-0.39, 0.29) is 38.8 Å². The minimum atomic E-state index is 0. The van der Waals surface area contributed by atoms with Gasteiger partial charge in [0.15, 0.2) is 0 Å². The van der Waals surface area contributed by atoms with Gasteiger partial charge in [-0.25, -0.2) is 0 Å². The van der Waals surface area contributed by atoms with Crippen LogP contribution in [0.5, 0.6) is 0 Å². The molecule has 1 nitrogen and oxygen atoms in total. The molecule has 1 aliphatic heterocycles. The molecule has 1 fully saturated rings. The smallest absolute Gasteiger partial charge is 0.0543 e. The second kappa shape index (κ2) is 5.07. The van der Waals surface area contributed by atoms with Gasteiger partial charge in [-0.3, -0.25) is 0 Å². The summed E-state index contributed by atoms with van der Waals surface area (Å²) in [7, 11) is 0. The van der Waals surface area contributed by atoms with Crippen LogP contribution < -0.4 is 0 Å². The first kappa shape index (κ1) is 13.1. The average Bonchev–Trinajstić information content (AvgIpc) is 1.97. The molecule has 0 aliphatic carbocycles. The fraction of sp³-hybridized carbons (Fsp3) is 0.900. The van der Waals surface area contributed by atoms with Crippen molar-refractivity contribution in [3.63, 3.8) is 0 Å². The Morgan fingerprint density at radius 3 is 1.92 bits per heavy atom. The van der Waals surface area contributed by atoms with Crippen LogP contribution in [0, 0.1) is 24.7 Å². The molecule has 1 aliphatic rings. The normalized spacial score (nSPS) is 48.2. The molecule has 0 aromatic rings. The van der Waals surface area contributed by atoms with Crippen LogP contribution in [0.25, 0.3) is 0 Å². The standard InChI is InChI=1S/C10H19O.Y/c1-6-7(2)9(4)11-10(5)8(6)3;/h6-10H,4H2,1-3,5H3;/q-1;/t6-,7-,8+,9+,10+;/m0./s1. The van der Waals surface area contributed by atoms with Gasteiger partial charge in [0.2, 0.25) is 0 Å². The van der Waals surface area contributed by atoms with Gasteiger partial charge in [0.1, 0.15) is 0 Å². The molecule has 1 rings (SSSR count). The van der Waals surface area contributed by atoms with Crippen molar-refractivity contribution in [2.45, 2.75) is 39.9 Å². The van der Waals surface area contributed by atoms with Crippen LogP contribution in [0.2, 0.25) is 0 Å². The maximum absolute atomic E-state index is 5.67. The summed E-state index contributed by atoms with van der Waals surface area (Å²) in [5, 5.41) is 0. The second-order valence-electron chi connectivity index (χ2n) is 3.96. The maximum atomic E-state index is 5.67. The quantitative estimate of drug-likeness (QED) is 0.595. The van der Waals surface area contributed by atoms with E-state index in [0.29, 0.717) is 17.9 Å². The van der Waals surface area contributed by atoms with Gasteiger partial charge in [0, 0.05) is 32.7 Å². The Hall–Kier alpha value is 1.06. The van der Waals surface area contributed by atoms with E-state index in [2.05, 4.69) is 34.6 Å². The minimum Gasteiger partial charge on any atom is -0.407 e. The van der Waals surface area contributed by atoms with Crippen LogP contribution in [0.3, 0.4) is 0 Å². The van der Waals surface area contributed by atoms with Gasteiger partial charge in [0.05, 0.1) is 6.10 Å². The largest absolute Gasteiger partial charge is 0.407 e. The molecule has 1 heterocycles. The van der Waals surface area contributed by atoms with E-state index in [9.17, 15) is 0 Å². The SMILES string of the molecule is [CH2-][C@H]1O[C@H](C)[C@H](C)[C@@H](C)[C@@H]1C.[Y]. The van der Waals surface area contributed by atoms with Crippen molar-refractivity contribution < 1.29 is 37.4 Å². The van der Waals surface area contributed by atoms with Crippen LogP contribution >= 0.6 is 0 Å². The molecular weight excluding hydrogens is 225 g/mol. The topological polar surface area (TPSA) is 9.23 Å². The van der Waals surface area contributed by atoms with Crippen LogP contribution in [0.15, 0.2) is 0 Å². The molecule has 0 spiro atoms. The molecule has 0 bridgehead atoms. The van der Waals surface area contributed by atoms with E-state index in [4.69, 9.17) is 4.74 Å². The zero-order valence-corrected chi connectivity index (χ0v) is 11.4. The summed E-state index contributed by atoms with van der Waals surface area (Å²) in [6, 6.07) is 0. The monoisotopic (exact) mass is 244 g/mol. The number of hydrogen-bond acceptors (Lipinski definition) is 1. The molecule has 1 radical (unpaired) electrons. The molecule has 12 heavy (non-hydrogen) atoms. The van der Waals surface area contributed by atoms with Gasteiger partial charge in [-0.15, -0.1) is 0 Å². The Morgan fingerprint density at radius 2 is 1.42 bits per heavy atom. The fourth-order valence-corrected chi connectivity index (χ4v) is 1.77. The molecular formula is C10H19OY-. The molecule has 0 unspecified atom stereocenters. The molecule has 69 valence electrons. The summed E-state index contributed by atoms with van der Waals surface area (Å²) in [5.74, 6) is 2.01. The van der Waals surface area contributed by atoms with Crippen LogP contribution in [0.1, 0.15) is 27.7 Å². The first-order valence-electron chi connectivity index (χ1n) is 4.52. The van der Waals surface area contributed by atoms with E-state index < -0.39 is 0 Å². The summed E-state index contributed by atoms with van der Waals surface area (Å²) < 4.78 is 5.67. The van der Waals surface area contributed by atoms with E-state index >= 15 is 0 Å². The van der Waals surface area contributed by atoms with Gasteiger partial charge < -0.3 is 11.7 Å². The first-order valence-corrected chi connectivity index (χ1v) is 4.52. The summed E-state index contributed by atoms with van der Waals surface area (Å²) in [4.78, 5) is 0. The number of ether oxygens (including phenoxy) is 1. The second-order valence-corrected chi connectivity index (χ2v) is 3.96. The van der Waals surface area contributed by atoms with Crippen molar-refractivity contribution in [3.8, 4) is 0 Å². The molecule has 0 N–H and O–H groups in total. The van der Waals surface area contributed by atoms with E-state index in [0.717, 1.165) is 5.92 Å². The summed E-state index contributed by atoms with van der Waals surface area (Å²) in [6.45, 7) is 12.9. The van der Waals surface area contributed by atoms with Crippen molar-refractivity contribution in [1.29, 1.82) is 0 Å². The molecule has 1 saturated heterocycles. The zero-order valence-electron chi connectivity index (χ0n) is 8.58. The van der Waals surface area contributed by atoms with Gasteiger partial charge in [-0.2, -0.15) is 0 Å². The fourth-order valence-electron chi connectivity index (χ4n) is 1.77. The number of hydrogen-bond donors (Lipinski definition) is 0. The van der Waals surface area contributed by atoms with Gasteiger partial charge in [0.25, 0.3) is 0 Å². The molecule has 0 amide bonds. The summed E-state index contributed by atoms with van der Waals surface area (Å²) >= 11 is 0. The third kappa shape index (κ3) is 2.53. The van der Waals surface area contributed by atoms with Crippen LogP contribution in [-0.2, 0) is 37.4 Å². The first-order chi connectivity index (χ1) is 5.04. The van der Waals surface area contributed by atoms with E-state index in [1.54, 1.807) is 0 Å². The maximum Gasteiger partial charge on any atom is 0.0543 e. The predicted molar refractivity (Wildman–Crippen MR) is 47.2 cm³/mol. The van der Waals surface area contributed by atoms with Crippen molar-refractivity contribution in [2.24, 2.45) is 17.8 Å². The van der Waals surface area contributed by atoms with Crippen molar-refractivity contribution in [2.75, 3.05) is 0 Å². The predicted octanol–water partition coefficient (Wildman–Crippen LogP) is 2.51. The Kier molecular flexibility index (Phi) is 5.52.